The van der Waals surface area contributed by atoms with Crippen molar-refractivity contribution in [3.63, 3.8) is 0 Å². The number of methoxy groups -OCH3 is 1. The van der Waals surface area contributed by atoms with Gasteiger partial charge in [-0.15, -0.1) is 0 Å². The number of amides is 1. The van der Waals surface area contributed by atoms with E-state index in [0.717, 1.165) is 12.1 Å². The highest BCUT2D eigenvalue weighted by molar-refractivity contribution is 5.82. The number of halogens is 2. The predicted octanol–water partition coefficient (Wildman–Crippen LogP) is 3.06. The normalized spacial score (nSPS) is 12.6. The Labute approximate surface area is 139 Å². The number of hydrogen-bond acceptors (Lipinski definition) is 3. The first-order chi connectivity index (χ1) is 11.2. The molecule has 0 saturated heterocycles. The monoisotopic (exact) mass is 335 g/mol. The molecular formula is C18H19F2NO3. The fourth-order valence-electron chi connectivity index (χ4n) is 2.30. The molecule has 0 aliphatic heterocycles. The summed E-state index contributed by atoms with van der Waals surface area (Å²) in [5.74, 6) is -2.10. The lowest BCUT2D eigenvalue weighted by Crippen LogP contribution is -2.43. The molecule has 1 atom stereocenters. The lowest BCUT2D eigenvalue weighted by atomic mass is 9.93. The van der Waals surface area contributed by atoms with Gasteiger partial charge in [0.2, 0.25) is 0 Å². The Balaban J connectivity index is 2.18. The molecule has 4 nitrogen and oxygen atoms in total. The van der Waals surface area contributed by atoms with Crippen molar-refractivity contribution in [2.45, 2.75) is 25.5 Å². The maximum Gasteiger partial charge on any atom is 0.254 e. The third kappa shape index (κ3) is 3.89. The summed E-state index contributed by atoms with van der Waals surface area (Å²) in [6, 6.07) is 9.90. The Bertz CT molecular complexity index is 747. The van der Waals surface area contributed by atoms with Gasteiger partial charge in [0.05, 0.1) is 12.6 Å². The van der Waals surface area contributed by atoms with E-state index in [1.807, 2.05) is 0 Å². The van der Waals surface area contributed by atoms with Crippen LogP contribution in [0.2, 0.25) is 0 Å². The van der Waals surface area contributed by atoms with Gasteiger partial charge < -0.3 is 15.2 Å². The molecule has 2 aromatic carbocycles. The third-order valence-corrected chi connectivity index (χ3v) is 3.73. The second-order valence-electron chi connectivity index (χ2n) is 5.92. The van der Waals surface area contributed by atoms with Crippen molar-refractivity contribution >= 4 is 5.91 Å². The highest BCUT2D eigenvalue weighted by atomic mass is 19.2. The summed E-state index contributed by atoms with van der Waals surface area (Å²) in [6.07, 6.45) is -1.41. The summed E-state index contributed by atoms with van der Waals surface area (Å²) in [5, 5.41) is 12.9. The molecule has 1 amide bonds. The molecule has 0 saturated carbocycles. The van der Waals surface area contributed by atoms with Crippen molar-refractivity contribution in [3.05, 3.63) is 65.2 Å². The molecule has 0 radical (unpaired) electrons. The average molecular weight is 335 g/mol. The zero-order valence-corrected chi connectivity index (χ0v) is 13.6. The Morgan fingerprint density at radius 1 is 1.17 bits per heavy atom. The molecule has 128 valence electrons. The number of aliphatic hydroxyl groups excluding tert-OH is 1. The van der Waals surface area contributed by atoms with Crippen molar-refractivity contribution in [2.75, 3.05) is 7.11 Å². The van der Waals surface area contributed by atoms with Gasteiger partial charge in [-0.05, 0) is 49.2 Å². The van der Waals surface area contributed by atoms with E-state index in [1.54, 1.807) is 38.1 Å². The summed E-state index contributed by atoms with van der Waals surface area (Å²) < 4.78 is 31.5. The van der Waals surface area contributed by atoms with Crippen LogP contribution in [0.1, 0.15) is 31.1 Å². The molecule has 0 heterocycles. The van der Waals surface area contributed by atoms with E-state index in [-0.39, 0.29) is 0 Å². The fourth-order valence-corrected chi connectivity index (χ4v) is 2.30. The predicted molar refractivity (Wildman–Crippen MR) is 85.5 cm³/mol. The molecule has 0 bridgehead atoms. The van der Waals surface area contributed by atoms with Gasteiger partial charge in [0.15, 0.2) is 17.7 Å². The third-order valence-electron chi connectivity index (χ3n) is 3.73. The molecule has 24 heavy (non-hydrogen) atoms. The second kappa shape index (κ2) is 6.97. The van der Waals surface area contributed by atoms with Crippen molar-refractivity contribution in [2.24, 2.45) is 0 Å². The molecule has 6 heteroatoms. The van der Waals surface area contributed by atoms with Crippen LogP contribution in [-0.4, -0.2) is 18.1 Å². The second-order valence-corrected chi connectivity index (χ2v) is 5.92. The van der Waals surface area contributed by atoms with E-state index in [1.165, 1.54) is 13.2 Å². The molecule has 0 aliphatic rings. The molecule has 2 aromatic rings. The maximum atomic E-state index is 13.4. The minimum absolute atomic E-state index is 0.368. The quantitative estimate of drug-likeness (QED) is 0.883. The summed E-state index contributed by atoms with van der Waals surface area (Å²) >= 11 is 0. The lowest BCUT2D eigenvalue weighted by molar-refractivity contribution is -0.131. The Kier molecular flexibility index (Phi) is 5.19. The van der Waals surface area contributed by atoms with Crippen LogP contribution in [0.5, 0.6) is 5.75 Å². The Morgan fingerprint density at radius 2 is 1.88 bits per heavy atom. The lowest BCUT2D eigenvalue weighted by Gasteiger charge is -2.28. The van der Waals surface area contributed by atoms with Gasteiger partial charge in [-0.25, -0.2) is 8.78 Å². The van der Waals surface area contributed by atoms with Gasteiger partial charge in [0, 0.05) is 0 Å². The van der Waals surface area contributed by atoms with E-state index >= 15 is 0 Å². The number of nitrogens with one attached hydrogen (secondary N) is 1. The van der Waals surface area contributed by atoms with Gasteiger partial charge in [0.1, 0.15) is 5.75 Å². The summed E-state index contributed by atoms with van der Waals surface area (Å²) in [4.78, 5) is 12.3. The van der Waals surface area contributed by atoms with Gasteiger partial charge in [-0.3, -0.25) is 4.79 Å². The summed E-state index contributed by atoms with van der Waals surface area (Å²) in [7, 11) is 1.48. The highest BCUT2D eigenvalue weighted by Crippen LogP contribution is 2.25. The summed E-state index contributed by atoms with van der Waals surface area (Å²) in [6.45, 7) is 3.27. The summed E-state index contributed by atoms with van der Waals surface area (Å²) in [5.41, 5.74) is -0.244. The number of hydrogen-bond donors (Lipinski definition) is 2. The largest absolute Gasteiger partial charge is 0.497 e. The van der Waals surface area contributed by atoms with E-state index < -0.39 is 29.2 Å². The molecule has 0 aliphatic carbocycles. The molecule has 2 N–H and O–H groups in total. The van der Waals surface area contributed by atoms with Crippen LogP contribution < -0.4 is 10.1 Å². The molecule has 0 aromatic heterocycles. The van der Waals surface area contributed by atoms with Gasteiger partial charge in [-0.1, -0.05) is 18.2 Å². The van der Waals surface area contributed by atoms with Crippen LogP contribution in [0.4, 0.5) is 8.78 Å². The van der Waals surface area contributed by atoms with E-state index in [4.69, 9.17) is 4.74 Å². The van der Waals surface area contributed by atoms with Crippen LogP contribution >= 0.6 is 0 Å². The van der Waals surface area contributed by atoms with Crippen LogP contribution in [0.3, 0.4) is 0 Å². The molecular weight excluding hydrogens is 316 g/mol. The number of carbonyl (C=O) groups excluding carboxylic acids is 1. The number of ether oxygens (including phenoxy) is 1. The van der Waals surface area contributed by atoms with E-state index in [2.05, 4.69) is 5.32 Å². The smallest absolute Gasteiger partial charge is 0.254 e. The van der Waals surface area contributed by atoms with Crippen LogP contribution in [0, 0.1) is 11.6 Å². The zero-order chi connectivity index (χ0) is 17.9. The van der Waals surface area contributed by atoms with Crippen molar-refractivity contribution in [1.29, 1.82) is 0 Å². The standard InChI is InChI=1S/C18H19F2NO3/c1-18(2,12-7-8-14(19)15(20)10-12)21-17(23)16(22)11-5-4-6-13(9-11)24-3/h4-10,16,22H,1-3H3,(H,21,23). The minimum Gasteiger partial charge on any atom is -0.497 e. The SMILES string of the molecule is COc1cccc(C(O)C(=O)NC(C)(C)c2ccc(F)c(F)c2)c1. The molecule has 2 rings (SSSR count). The van der Waals surface area contributed by atoms with E-state index in [9.17, 15) is 18.7 Å². The number of carbonyl (C=O) groups is 1. The highest BCUT2D eigenvalue weighted by Gasteiger charge is 2.28. The van der Waals surface area contributed by atoms with Crippen molar-refractivity contribution < 1.29 is 23.4 Å². The number of benzene rings is 2. The van der Waals surface area contributed by atoms with E-state index in [0.29, 0.717) is 16.9 Å². The average Bonchev–Trinajstić information content (AvgIpc) is 2.56. The zero-order valence-electron chi connectivity index (χ0n) is 13.6. The topological polar surface area (TPSA) is 58.6 Å². The first kappa shape index (κ1) is 17.9. The van der Waals surface area contributed by atoms with Crippen LogP contribution in [-0.2, 0) is 10.3 Å². The number of aliphatic hydroxyl groups is 1. The van der Waals surface area contributed by atoms with Gasteiger partial charge in [0.25, 0.3) is 5.91 Å². The first-order valence-electron chi connectivity index (χ1n) is 7.34. The molecule has 0 spiro atoms. The molecule has 0 fully saturated rings. The maximum absolute atomic E-state index is 13.4. The van der Waals surface area contributed by atoms with Crippen molar-refractivity contribution in [1.82, 2.24) is 5.32 Å². The Morgan fingerprint density at radius 3 is 2.50 bits per heavy atom. The van der Waals surface area contributed by atoms with Gasteiger partial charge >= 0.3 is 0 Å². The first-order valence-corrected chi connectivity index (χ1v) is 7.34. The fraction of sp³-hybridized carbons (Fsp3) is 0.278. The number of rotatable bonds is 5. The minimum atomic E-state index is -1.41. The Hall–Kier alpha value is -2.47. The van der Waals surface area contributed by atoms with Crippen LogP contribution in [0.15, 0.2) is 42.5 Å². The van der Waals surface area contributed by atoms with Crippen LogP contribution in [0.25, 0.3) is 0 Å². The van der Waals surface area contributed by atoms with Gasteiger partial charge in [-0.2, -0.15) is 0 Å². The molecule has 1 unspecified atom stereocenters. The van der Waals surface area contributed by atoms with Crippen molar-refractivity contribution in [3.8, 4) is 5.75 Å².